The van der Waals surface area contributed by atoms with Crippen LogP contribution in [0.15, 0.2) is 48.8 Å². The van der Waals surface area contributed by atoms with Crippen molar-refractivity contribution in [2.45, 2.75) is 44.8 Å². The molecule has 0 unspecified atom stereocenters. The fraction of sp³-hybridized carbons (Fsp3) is 0.375. The van der Waals surface area contributed by atoms with Crippen LogP contribution in [0.5, 0.6) is 11.6 Å². The number of fused-ring (bicyclic) bond motifs is 1. The first-order valence-electron chi connectivity index (χ1n) is 10.6. The fourth-order valence-electron chi connectivity index (χ4n) is 3.95. The highest BCUT2D eigenvalue weighted by atomic mass is 16.5. The van der Waals surface area contributed by atoms with Crippen LogP contribution in [0.3, 0.4) is 0 Å². The molecule has 1 saturated heterocycles. The van der Waals surface area contributed by atoms with Crippen molar-refractivity contribution in [3.63, 3.8) is 0 Å². The third-order valence-corrected chi connectivity index (χ3v) is 6.08. The van der Waals surface area contributed by atoms with E-state index < -0.39 is 0 Å². The number of benzene rings is 1. The highest BCUT2D eigenvalue weighted by Crippen LogP contribution is 2.34. The zero-order chi connectivity index (χ0) is 20.5. The van der Waals surface area contributed by atoms with Gasteiger partial charge in [0.2, 0.25) is 11.8 Å². The lowest BCUT2D eigenvalue weighted by molar-refractivity contribution is -0.119. The van der Waals surface area contributed by atoms with Crippen molar-refractivity contribution in [2.75, 3.05) is 6.54 Å². The zero-order valence-electron chi connectivity index (χ0n) is 17.0. The van der Waals surface area contributed by atoms with E-state index in [0.717, 1.165) is 40.6 Å². The van der Waals surface area contributed by atoms with E-state index in [9.17, 15) is 4.79 Å². The van der Waals surface area contributed by atoms with Crippen molar-refractivity contribution in [3.8, 4) is 22.8 Å². The van der Waals surface area contributed by atoms with Crippen molar-refractivity contribution in [2.24, 2.45) is 5.92 Å². The minimum Gasteiger partial charge on any atom is -0.490 e. The average Bonchev–Trinajstić information content (AvgIpc) is 3.17. The molecule has 3 heterocycles. The van der Waals surface area contributed by atoms with E-state index in [-0.39, 0.29) is 17.9 Å². The molecule has 6 heteroatoms. The molecule has 1 aromatic carbocycles. The van der Waals surface area contributed by atoms with Crippen LogP contribution in [0, 0.1) is 5.92 Å². The summed E-state index contributed by atoms with van der Waals surface area (Å²) in [6.45, 7) is 2.68. The predicted octanol–water partition coefficient (Wildman–Crippen LogP) is 4.13. The molecule has 1 aliphatic carbocycles. The number of carbonyl (C=O) groups is 1. The van der Waals surface area contributed by atoms with Gasteiger partial charge in [-0.05, 0) is 62.1 Å². The summed E-state index contributed by atoms with van der Waals surface area (Å²) >= 11 is 0. The van der Waals surface area contributed by atoms with Gasteiger partial charge in [0.25, 0.3) is 0 Å². The van der Waals surface area contributed by atoms with Gasteiger partial charge in [-0.25, -0.2) is 4.98 Å². The second-order valence-corrected chi connectivity index (χ2v) is 8.19. The normalized spacial score (nSPS) is 19.9. The fourth-order valence-corrected chi connectivity index (χ4v) is 3.95. The van der Waals surface area contributed by atoms with Crippen LogP contribution in [0.1, 0.15) is 32.6 Å². The van der Waals surface area contributed by atoms with Crippen LogP contribution in [-0.2, 0) is 4.79 Å². The lowest BCUT2D eigenvalue weighted by Gasteiger charge is -2.25. The first kappa shape index (κ1) is 18.9. The molecule has 1 aliphatic heterocycles. The summed E-state index contributed by atoms with van der Waals surface area (Å²) in [7, 11) is 0. The molecule has 30 heavy (non-hydrogen) atoms. The summed E-state index contributed by atoms with van der Waals surface area (Å²) in [4.78, 5) is 20.6. The Bertz CT molecular complexity index is 1060. The van der Waals surface area contributed by atoms with Crippen LogP contribution in [0.25, 0.3) is 22.0 Å². The minimum atomic E-state index is -0.0843. The van der Waals surface area contributed by atoms with Crippen molar-refractivity contribution in [1.82, 2.24) is 15.3 Å². The van der Waals surface area contributed by atoms with Gasteiger partial charge in [-0.15, -0.1) is 0 Å². The van der Waals surface area contributed by atoms with Gasteiger partial charge in [0.15, 0.2) is 0 Å². The van der Waals surface area contributed by atoms with Gasteiger partial charge >= 0.3 is 0 Å². The van der Waals surface area contributed by atoms with Crippen molar-refractivity contribution >= 4 is 16.8 Å². The van der Waals surface area contributed by atoms with E-state index in [0.29, 0.717) is 24.9 Å². The standard InChI is InChI=1S/C24H25N3O3/c1-15(18-12-23(28)26-14-18)29-22-11-17(10-21-20(22)6-3-9-25-21)16-7-8-24(27-13-16)30-19-4-2-5-19/h3,6-11,13,15,18-19H,2,4-5,12,14H2,1H3,(H,26,28)/t15-,18-/m1/s1. The van der Waals surface area contributed by atoms with E-state index in [1.54, 1.807) is 6.20 Å². The van der Waals surface area contributed by atoms with Crippen LogP contribution in [0.2, 0.25) is 0 Å². The van der Waals surface area contributed by atoms with E-state index in [1.807, 2.05) is 43.5 Å². The number of pyridine rings is 2. The van der Waals surface area contributed by atoms with Crippen molar-refractivity contribution in [3.05, 3.63) is 48.8 Å². The molecule has 1 saturated carbocycles. The Morgan fingerprint density at radius 3 is 2.73 bits per heavy atom. The maximum absolute atomic E-state index is 11.6. The van der Waals surface area contributed by atoms with Gasteiger partial charge in [0.05, 0.1) is 5.52 Å². The van der Waals surface area contributed by atoms with Crippen LogP contribution >= 0.6 is 0 Å². The van der Waals surface area contributed by atoms with Crippen molar-refractivity contribution in [1.29, 1.82) is 0 Å². The molecule has 1 amide bonds. The summed E-state index contributed by atoms with van der Waals surface area (Å²) in [5, 5.41) is 3.85. The number of amides is 1. The summed E-state index contributed by atoms with van der Waals surface area (Å²) in [6.07, 6.45) is 7.81. The molecule has 5 rings (SSSR count). The Morgan fingerprint density at radius 1 is 1.13 bits per heavy atom. The van der Waals surface area contributed by atoms with Crippen LogP contribution in [-0.4, -0.2) is 34.6 Å². The molecule has 6 nitrogen and oxygen atoms in total. The first-order valence-corrected chi connectivity index (χ1v) is 10.6. The second kappa shape index (κ2) is 7.94. The largest absolute Gasteiger partial charge is 0.490 e. The molecule has 0 spiro atoms. The van der Waals surface area contributed by atoms with Crippen LogP contribution in [0.4, 0.5) is 0 Å². The summed E-state index contributed by atoms with van der Waals surface area (Å²) in [6, 6.07) is 12.0. The number of carbonyl (C=O) groups excluding carboxylic acids is 1. The summed E-state index contributed by atoms with van der Waals surface area (Å²) < 4.78 is 12.2. The summed E-state index contributed by atoms with van der Waals surface area (Å²) in [5.74, 6) is 1.70. The Hall–Kier alpha value is -3.15. The molecule has 0 bridgehead atoms. The zero-order valence-corrected chi connectivity index (χ0v) is 17.0. The second-order valence-electron chi connectivity index (χ2n) is 8.19. The molecule has 2 fully saturated rings. The van der Waals surface area contributed by atoms with Crippen molar-refractivity contribution < 1.29 is 14.3 Å². The Morgan fingerprint density at radius 2 is 2.03 bits per heavy atom. The highest BCUT2D eigenvalue weighted by molar-refractivity contribution is 5.90. The third-order valence-electron chi connectivity index (χ3n) is 6.08. The average molecular weight is 403 g/mol. The van der Waals surface area contributed by atoms with Gasteiger partial charge in [0, 0.05) is 48.3 Å². The van der Waals surface area contributed by atoms with Crippen LogP contribution < -0.4 is 14.8 Å². The molecule has 2 atom stereocenters. The van der Waals surface area contributed by atoms with Gasteiger partial charge in [-0.2, -0.15) is 0 Å². The predicted molar refractivity (Wildman–Crippen MR) is 114 cm³/mol. The first-order chi connectivity index (χ1) is 14.7. The van der Waals surface area contributed by atoms with E-state index in [4.69, 9.17) is 9.47 Å². The lowest BCUT2D eigenvalue weighted by Crippen LogP contribution is -2.25. The van der Waals surface area contributed by atoms with Gasteiger partial charge in [0.1, 0.15) is 18.0 Å². The number of nitrogens with one attached hydrogen (secondary N) is 1. The molecular weight excluding hydrogens is 378 g/mol. The number of rotatable bonds is 6. The maximum Gasteiger partial charge on any atom is 0.220 e. The molecule has 2 aromatic heterocycles. The molecule has 0 radical (unpaired) electrons. The molecule has 2 aliphatic rings. The number of hydrogen-bond donors (Lipinski definition) is 1. The number of hydrogen-bond acceptors (Lipinski definition) is 5. The highest BCUT2D eigenvalue weighted by Gasteiger charge is 2.28. The summed E-state index contributed by atoms with van der Waals surface area (Å²) in [5.41, 5.74) is 2.85. The number of nitrogens with zero attached hydrogens (tertiary/aromatic N) is 2. The SMILES string of the molecule is C[C@@H](Oc1cc(-c2ccc(OC3CCC3)nc2)cc2ncccc12)[C@H]1CNC(=O)C1. The monoisotopic (exact) mass is 403 g/mol. The smallest absolute Gasteiger partial charge is 0.220 e. The molecular formula is C24H25N3O3. The Balaban J connectivity index is 1.43. The lowest BCUT2D eigenvalue weighted by atomic mass is 9.96. The van der Waals surface area contributed by atoms with E-state index in [1.165, 1.54) is 6.42 Å². The van der Waals surface area contributed by atoms with E-state index >= 15 is 0 Å². The minimum absolute atomic E-state index is 0.0843. The van der Waals surface area contributed by atoms with Gasteiger partial charge in [-0.1, -0.05) is 0 Å². The Labute approximate surface area is 175 Å². The number of aromatic nitrogens is 2. The topological polar surface area (TPSA) is 73.3 Å². The Kier molecular flexibility index (Phi) is 4.99. The molecule has 3 aromatic rings. The quantitative estimate of drug-likeness (QED) is 0.670. The molecule has 154 valence electrons. The number of ether oxygens (including phenoxy) is 2. The third kappa shape index (κ3) is 3.82. The maximum atomic E-state index is 11.6. The molecule has 1 N–H and O–H groups in total. The van der Waals surface area contributed by atoms with Gasteiger partial charge in [-0.3, -0.25) is 9.78 Å². The van der Waals surface area contributed by atoms with Gasteiger partial charge < -0.3 is 14.8 Å². The van der Waals surface area contributed by atoms with E-state index in [2.05, 4.69) is 21.4 Å².